The first-order valence-corrected chi connectivity index (χ1v) is 11.3. The lowest BCUT2D eigenvalue weighted by Crippen LogP contribution is -2.20. The fourth-order valence-electron chi connectivity index (χ4n) is 3.35. The second kappa shape index (κ2) is 7.44. The van der Waals surface area contributed by atoms with Gasteiger partial charge >= 0.3 is 0 Å². The number of carbonyl (C=O) groups is 2. The monoisotopic (exact) mass is 406 g/mol. The van der Waals surface area contributed by atoms with Crippen molar-refractivity contribution in [3.05, 3.63) is 45.8 Å². The number of rotatable bonds is 5. The van der Waals surface area contributed by atoms with E-state index in [1.54, 1.807) is 12.1 Å². The van der Waals surface area contributed by atoms with Crippen molar-refractivity contribution in [2.24, 2.45) is 11.7 Å². The lowest BCUT2D eigenvalue weighted by Gasteiger charge is -2.18. The molecular weight excluding hydrogens is 384 g/mol. The van der Waals surface area contributed by atoms with Gasteiger partial charge in [-0.3, -0.25) is 9.59 Å². The highest BCUT2D eigenvalue weighted by Crippen LogP contribution is 2.39. The molecule has 144 valence electrons. The van der Waals surface area contributed by atoms with Crippen LogP contribution in [0.1, 0.15) is 51.4 Å². The Morgan fingerprint density at radius 3 is 2.67 bits per heavy atom. The molecule has 1 aliphatic carbocycles. The molecular formula is C19H22N2O4S2. The number of hydrogen-bond donors (Lipinski definition) is 2. The lowest BCUT2D eigenvalue weighted by molar-refractivity contribution is 0.1000. The zero-order chi connectivity index (χ0) is 19.8. The SMILES string of the molecule is CCS(=O)(=O)c1ccccc1C(=O)Nc1sc2c(c1C(N)=O)CC[C@@H](C)C2. The average molecular weight is 407 g/mol. The molecule has 6 nitrogen and oxygen atoms in total. The first-order chi connectivity index (χ1) is 12.7. The van der Waals surface area contributed by atoms with Crippen molar-refractivity contribution < 1.29 is 18.0 Å². The largest absolute Gasteiger partial charge is 0.365 e. The molecule has 1 atom stereocenters. The number of carbonyl (C=O) groups excluding carboxylic acids is 2. The van der Waals surface area contributed by atoms with Crippen LogP contribution in [0, 0.1) is 5.92 Å². The summed E-state index contributed by atoms with van der Waals surface area (Å²) in [5.41, 5.74) is 6.90. The van der Waals surface area contributed by atoms with Gasteiger partial charge in [0.25, 0.3) is 11.8 Å². The third kappa shape index (κ3) is 3.77. The first-order valence-electron chi connectivity index (χ1n) is 8.82. The first kappa shape index (κ1) is 19.6. The fourth-order valence-corrected chi connectivity index (χ4v) is 5.85. The minimum atomic E-state index is -3.55. The van der Waals surface area contributed by atoms with E-state index in [0.29, 0.717) is 16.5 Å². The highest BCUT2D eigenvalue weighted by atomic mass is 32.2. The number of hydrogen-bond acceptors (Lipinski definition) is 5. The molecule has 27 heavy (non-hydrogen) atoms. The van der Waals surface area contributed by atoms with Gasteiger partial charge in [0.2, 0.25) is 0 Å². The van der Waals surface area contributed by atoms with Crippen LogP contribution in [0.2, 0.25) is 0 Å². The highest BCUT2D eigenvalue weighted by molar-refractivity contribution is 7.91. The molecule has 0 unspecified atom stereocenters. The Morgan fingerprint density at radius 1 is 1.30 bits per heavy atom. The third-order valence-electron chi connectivity index (χ3n) is 4.83. The van der Waals surface area contributed by atoms with Gasteiger partial charge in [0.1, 0.15) is 5.00 Å². The highest BCUT2D eigenvalue weighted by Gasteiger charge is 2.28. The summed E-state index contributed by atoms with van der Waals surface area (Å²) in [6, 6.07) is 6.08. The third-order valence-corrected chi connectivity index (χ3v) is 7.79. The van der Waals surface area contributed by atoms with Crippen molar-refractivity contribution in [2.45, 2.75) is 38.0 Å². The van der Waals surface area contributed by atoms with Crippen molar-refractivity contribution >= 4 is 38.0 Å². The molecule has 0 fully saturated rings. The molecule has 1 aromatic heterocycles. The number of amides is 2. The summed E-state index contributed by atoms with van der Waals surface area (Å²) in [5.74, 6) is -0.728. The molecule has 0 saturated heterocycles. The number of thiophene rings is 1. The minimum Gasteiger partial charge on any atom is -0.365 e. The predicted octanol–water partition coefficient (Wildman–Crippen LogP) is 3.02. The van der Waals surface area contributed by atoms with Crippen molar-refractivity contribution in [3.63, 3.8) is 0 Å². The summed E-state index contributed by atoms with van der Waals surface area (Å²) in [4.78, 5) is 25.9. The molecule has 0 aliphatic heterocycles. The fraction of sp³-hybridized carbons (Fsp3) is 0.368. The molecule has 0 bridgehead atoms. The van der Waals surface area contributed by atoms with Gasteiger partial charge in [0.05, 0.1) is 21.8 Å². The summed E-state index contributed by atoms with van der Waals surface area (Å²) in [6.07, 6.45) is 2.56. The van der Waals surface area contributed by atoms with Crippen LogP contribution in [0.5, 0.6) is 0 Å². The van der Waals surface area contributed by atoms with E-state index in [1.165, 1.54) is 30.4 Å². The topological polar surface area (TPSA) is 106 Å². The Kier molecular flexibility index (Phi) is 5.39. The molecule has 0 radical (unpaired) electrons. The number of fused-ring (bicyclic) bond motifs is 1. The number of nitrogens with two attached hydrogens (primary N) is 1. The van der Waals surface area contributed by atoms with Crippen LogP contribution < -0.4 is 11.1 Å². The molecule has 1 aliphatic rings. The van der Waals surface area contributed by atoms with Gasteiger partial charge in [-0.05, 0) is 42.9 Å². The van der Waals surface area contributed by atoms with E-state index in [4.69, 9.17) is 5.73 Å². The van der Waals surface area contributed by atoms with E-state index >= 15 is 0 Å². The van der Waals surface area contributed by atoms with Crippen molar-refractivity contribution in [3.8, 4) is 0 Å². The molecule has 3 N–H and O–H groups in total. The molecule has 0 saturated carbocycles. The molecule has 2 aromatic rings. The van der Waals surface area contributed by atoms with Crippen LogP contribution >= 0.6 is 11.3 Å². The Morgan fingerprint density at radius 2 is 2.00 bits per heavy atom. The van der Waals surface area contributed by atoms with Gasteiger partial charge in [0, 0.05) is 4.88 Å². The molecule has 8 heteroatoms. The summed E-state index contributed by atoms with van der Waals surface area (Å²) < 4.78 is 24.6. The molecule has 3 rings (SSSR count). The van der Waals surface area contributed by atoms with Crippen LogP contribution in [0.25, 0.3) is 0 Å². The second-order valence-corrected chi connectivity index (χ2v) is 10.1. The van der Waals surface area contributed by atoms with E-state index in [0.717, 1.165) is 29.7 Å². The minimum absolute atomic E-state index is 0.0134. The number of sulfone groups is 1. The Bertz CT molecular complexity index is 1010. The number of anilines is 1. The summed E-state index contributed by atoms with van der Waals surface area (Å²) in [7, 11) is -3.55. The summed E-state index contributed by atoms with van der Waals surface area (Å²) in [5, 5.41) is 3.13. The second-order valence-electron chi connectivity index (χ2n) is 6.77. The van der Waals surface area contributed by atoms with Crippen LogP contribution in [0.15, 0.2) is 29.2 Å². The number of primary amides is 1. The van der Waals surface area contributed by atoms with E-state index in [-0.39, 0.29) is 16.2 Å². The van der Waals surface area contributed by atoms with Gasteiger partial charge in [-0.1, -0.05) is 26.0 Å². The zero-order valence-electron chi connectivity index (χ0n) is 15.2. The van der Waals surface area contributed by atoms with Crippen LogP contribution in [0.3, 0.4) is 0 Å². The summed E-state index contributed by atoms with van der Waals surface area (Å²) >= 11 is 1.35. The van der Waals surface area contributed by atoms with Gasteiger partial charge in [-0.15, -0.1) is 11.3 Å². The smallest absolute Gasteiger partial charge is 0.257 e. The Labute approximate surface area is 162 Å². The van der Waals surface area contributed by atoms with Crippen molar-refractivity contribution in [1.29, 1.82) is 0 Å². The van der Waals surface area contributed by atoms with E-state index in [2.05, 4.69) is 12.2 Å². The Hall–Kier alpha value is -2.19. The van der Waals surface area contributed by atoms with Crippen LogP contribution in [-0.2, 0) is 22.7 Å². The van der Waals surface area contributed by atoms with Gasteiger partial charge < -0.3 is 11.1 Å². The van der Waals surface area contributed by atoms with E-state index in [1.807, 2.05) is 0 Å². The molecule has 1 heterocycles. The maximum Gasteiger partial charge on any atom is 0.257 e. The van der Waals surface area contributed by atoms with Crippen LogP contribution in [0.4, 0.5) is 5.00 Å². The van der Waals surface area contributed by atoms with E-state index < -0.39 is 21.7 Å². The quantitative estimate of drug-likeness (QED) is 0.796. The zero-order valence-corrected chi connectivity index (χ0v) is 16.9. The molecule has 2 amide bonds. The van der Waals surface area contributed by atoms with Crippen molar-refractivity contribution in [1.82, 2.24) is 0 Å². The van der Waals surface area contributed by atoms with Gasteiger partial charge in [0.15, 0.2) is 9.84 Å². The standard InChI is InChI=1S/C19H22N2O4S2/c1-3-27(24,25)15-7-5-4-6-13(15)18(23)21-19-16(17(20)22)12-9-8-11(2)10-14(12)26-19/h4-7,11H,3,8-10H2,1-2H3,(H2,20,22)(H,21,23)/t11-/m1/s1. The predicted molar refractivity (Wildman–Crippen MR) is 106 cm³/mol. The molecule has 0 spiro atoms. The number of benzene rings is 1. The lowest BCUT2D eigenvalue weighted by atomic mass is 9.88. The number of nitrogens with one attached hydrogen (secondary N) is 1. The molecule has 1 aromatic carbocycles. The maximum atomic E-state index is 12.8. The maximum absolute atomic E-state index is 12.8. The van der Waals surface area contributed by atoms with Gasteiger partial charge in [-0.2, -0.15) is 0 Å². The Balaban J connectivity index is 2.00. The van der Waals surface area contributed by atoms with E-state index in [9.17, 15) is 18.0 Å². The summed E-state index contributed by atoms with van der Waals surface area (Å²) in [6.45, 7) is 3.68. The normalized spacial score (nSPS) is 16.6. The average Bonchev–Trinajstić information content (AvgIpc) is 2.98. The van der Waals surface area contributed by atoms with Crippen molar-refractivity contribution in [2.75, 3.05) is 11.1 Å². The van der Waals surface area contributed by atoms with Crippen LogP contribution in [-0.4, -0.2) is 26.0 Å². The van der Waals surface area contributed by atoms with Gasteiger partial charge in [-0.25, -0.2) is 8.42 Å².